The van der Waals surface area contributed by atoms with Gasteiger partial charge in [-0.25, -0.2) is 4.57 Å². The standard InChI is InChI=1S/C18H20N4O2/c23-16-13-8-4-5-9-14(13)17(24)22(16)18-19-15(20-21-18)11-10-12-6-2-1-3-7-12/h1-3,6-7,23-24H,4-5,8-11H2,(H,19,20,21). The minimum Gasteiger partial charge on any atom is -0.494 e. The minimum absolute atomic E-state index is 0.0656. The molecule has 124 valence electrons. The van der Waals surface area contributed by atoms with Crippen LogP contribution in [0.1, 0.15) is 35.4 Å². The van der Waals surface area contributed by atoms with Crippen molar-refractivity contribution in [3.63, 3.8) is 0 Å². The van der Waals surface area contributed by atoms with Crippen LogP contribution in [0, 0.1) is 0 Å². The molecule has 0 atom stereocenters. The maximum absolute atomic E-state index is 10.4. The molecule has 6 heteroatoms. The lowest BCUT2D eigenvalue weighted by Crippen LogP contribution is -1.98. The van der Waals surface area contributed by atoms with Gasteiger partial charge < -0.3 is 10.2 Å². The second-order valence-corrected chi connectivity index (χ2v) is 6.21. The van der Waals surface area contributed by atoms with Crippen LogP contribution in [0.25, 0.3) is 5.95 Å². The van der Waals surface area contributed by atoms with Crippen molar-refractivity contribution in [3.8, 4) is 17.7 Å². The Balaban J connectivity index is 1.58. The summed E-state index contributed by atoms with van der Waals surface area (Å²) in [5.74, 6) is 1.16. The average molecular weight is 324 g/mol. The molecule has 6 nitrogen and oxygen atoms in total. The number of nitrogens with zero attached hydrogens (tertiary/aromatic N) is 3. The number of rotatable bonds is 4. The molecule has 1 aliphatic carbocycles. The van der Waals surface area contributed by atoms with Crippen molar-refractivity contribution in [2.45, 2.75) is 38.5 Å². The molecule has 0 amide bonds. The van der Waals surface area contributed by atoms with Crippen LogP contribution >= 0.6 is 0 Å². The molecule has 0 saturated heterocycles. The Bertz CT molecular complexity index is 822. The zero-order valence-electron chi connectivity index (χ0n) is 13.4. The summed E-state index contributed by atoms with van der Waals surface area (Å²) < 4.78 is 1.35. The molecule has 0 aliphatic heterocycles. The Morgan fingerprint density at radius 3 is 2.29 bits per heavy atom. The van der Waals surface area contributed by atoms with Crippen molar-refractivity contribution < 1.29 is 10.2 Å². The van der Waals surface area contributed by atoms with Crippen LogP contribution in [0.4, 0.5) is 0 Å². The molecule has 0 saturated carbocycles. The van der Waals surface area contributed by atoms with Crippen LogP contribution in [-0.2, 0) is 25.7 Å². The third-order valence-corrected chi connectivity index (χ3v) is 4.64. The Hall–Kier alpha value is -2.76. The van der Waals surface area contributed by atoms with Gasteiger partial charge in [-0.15, -0.1) is 5.10 Å². The first-order chi connectivity index (χ1) is 11.7. The van der Waals surface area contributed by atoms with Crippen molar-refractivity contribution in [2.24, 2.45) is 0 Å². The summed E-state index contributed by atoms with van der Waals surface area (Å²) in [7, 11) is 0. The number of aromatic nitrogens is 4. The molecule has 0 spiro atoms. The van der Waals surface area contributed by atoms with Gasteiger partial charge in [-0.3, -0.25) is 5.10 Å². The third-order valence-electron chi connectivity index (χ3n) is 4.64. The van der Waals surface area contributed by atoms with E-state index in [0.29, 0.717) is 5.95 Å². The van der Waals surface area contributed by atoms with Crippen LogP contribution in [0.2, 0.25) is 0 Å². The maximum Gasteiger partial charge on any atom is 0.258 e. The van der Waals surface area contributed by atoms with Crippen molar-refractivity contribution in [1.82, 2.24) is 19.7 Å². The predicted octanol–water partition coefficient (Wildman–Crippen LogP) is 2.67. The summed E-state index contributed by atoms with van der Waals surface area (Å²) in [6.45, 7) is 0. The number of H-pyrrole nitrogens is 1. The van der Waals surface area contributed by atoms with E-state index in [0.717, 1.165) is 55.5 Å². The molecule has 3 aromatic rings. The smallest absolute Gasteiger partial charge is 0.258 e. The second kappa shape index (κ2) is 6.03. The van der Waals surface area contributed by atoms with Gasteiger partial charge in [-0.05, 0) is 37.7 Å². The first kappa shape index (κ1) is 14.8. The molecule has 2 aromatic heterocycles. The van der Waals surface area contributed by atoms with E-state index in [2.05, 4.69) is 27.3 Å². The van der Waals surface area contributed by atoms with Gasteiger partial charge in [0.25, 0.3) is 5.95 Å². The quantitative estimate of drug-likeness (QED) is 0.688. The van der Waals surface area contributed by atoms with Crippen LogP contribution in [0.15, 0.2) is 30.3 Å². The third kappa shape index (κ3) is 2.54. The molecular weight excluding hydrogens is 304 g/mol. The van der Waals surface area contributed by atoms with Crippen LogP contribution in [-0.4, -0.2) is 30.0 Å². The maximum atomic E-state index is 10.4. The van der Waals surface area contributed by atoms with E-state index >= 15 is 0 Å². The molecule has 1 aliphatic rings. The normalized spacial score (nSPS) is 13.8. The van der Waals surface area contributed by atoms with E-state index in [4.69, 9.17) is 0 Å². The highest BCUT2D eigenvalue weighted by atomic mass is 16.3. The lowest BCUT2D eigenvalue weighted by atomic mass is 9.95. The zero-order chi connectivity index (χ0) is 16.5. The number of aryl methyl sites for hydroxylation is 2. The van der Waals surface area contributed by atoms with Crippen molar-refractivity contribution in [2.75, 3.05) is 0 Å². The molecule has 2 heterocycles. The van der Waals surface area contributed by atoms with Crippen LogP contribution in [0.3, 0.4) is 0 Å². The number of benzene rings is 1. The van der Waals surface area contributed by atoms with Gasteiger partial charge in [0.15, 0.2) is 0 Å². The molecule has 0 bridgehead atoms. The monoisotopic (exact) mass is 324 g/mol. The van der Waals surface area contributed by atoms with Gasteiger partial charge in [0.1, 0.15) is 5.82 Å². The fourth-order valence-electron chi connectivity index (χ4n) is 3.36. The molecule has 3 N–H and O–H groups in total. The SMILES string of the molecule is Oc1c2c(c(O)n1-c1n[nH]c(CCc3ccccc3)n1)CCCC2. The highest BCUT2D eigenvalue weighted by Crippen LogP contribution is 2.39. The number of aromatic hydroxyl groups is 2. The van der Waals surface area contributed by atoms with E-state index in [9.17, 15) is 10.2 Å². The van der Waals surface area contributed by atoms with E-state index < -0.39 is 0 Å². The van der Waals surface area contributed by atoms with Crippen molar-refractivity contribution in [1.29, 1.82) is 0 Å². The molecule has 1 aromatic carbocycles. The summed E-state index contributed by atoms with van der Waals surface area (Å²) in [4.78, 5) is 4.44. The Morgan fingerprint density at radius 2 is 1.62 bits per heavy atom. The van der Waals surface area contributed by atoms with Crippen molar-refractivity contribution >= 4 is 0 Å². The molecule has 0 radical (unpaired) electrons. The van der Waals surface area contributed by atoms with Crippen LogP contribution < -0.4 is 0 Å². The van der Waals surface area contributed by atoms with Gasteiger partial charge in [0.2, 0.25) is 11.8 Å². The fourth-order valence-corrected chi connectivity index (χ4v) is 3.36. The molecule has 0 fully saturated rings. The van der Waals surface area contributed by atoms with Gasteiger partial charge in [-0.1, -0.05) is 30.3 Å². The summed E-state index contributed by atoms with van der Waals surface area (Å²) in [6.07, 6.45) is 5.20. The van der Waals surface area contributed by atoms with E-state index in [1.54, 1.807) is 0 Å². The van der Waals surface area contributed by atoms with Crippen LogP contribution in [0.5, 0.6) is 11.8 Å². The highest BCUT2D eigenvalue weighted by molar-refractivity contribution is 5.50. The largest absolute Gasteiger partial charge is 0.494 e. The van der Waals surface area contributed by atoms with Gasteiger partial charge in [0, 0.05) is 17.5 Å². The first-order valence-corrected chi connectivity index (χ1v) is 8.34. The number of hydrogen-bond acceptors (Lipinski definition) is 4. The molecule has 4 rings (SSSR count). The summed E-state index contributed by atoms with van der Waals surface area (Å²) in [5.41, 5.74) is 2.89. The fraction of sp³-hybridized carbons (Fsp3) is 0.333. The van der Waals surface area contributed by atoms with Gasteiger partial charge >= 0.3 is 0 Å². The topological polar surface area (TPSA) is 87.0 Å². The summed E-state index contributed by atoms with van der Waals surface area (Å²) in [6, 6.07) is 10.2. The minimum atomic E-state index is 0.0656. The first-order valence-electron chi connectivity index (χ1n) is 8.34. The Kier molecular flexibility index (Phi) is 3.72. The predicted molar refractivity (Wildman–Crippen MR) is 89.5 cm³/mol. The molecule has 24 heavy (non-hydrogen) atoms. The van der Waals surface area contributed by atoms with E-state index in [1.807, 2.05) is 18.2 Å². The zero-order valence-corrected chi connectivity index (χ0v) is 13.4. The van der Waals surface area contributed by atoms with Gasteiger partial charge in [-0.2, -0.15) is 4.98 Å². The highest BCUT2D eigenvalue weighted by Gasteiger charge is 2.26. The number of hydrogen-bond donors (Lipinski definition) is 3. The summed E-state index contributed by atoms with van der Waals surface area (Å²) in [5, 5.41) is 27.9. The molecule has 0 unspecified atom stereocenters. The second-order valence-electron chi connectivity index (χ2n) is 6.21. The number of nitrogens with one attached hydrogen (secondary N) is 1. The Morgan fingerprint density at radius 1 is 0.958 bits per heavy atom. The van der Waals surface area contributed by atoms with E-state index in [1.165, 1.54) is 10.1 Å². The van der Waals surface area contributed by atoms with Crippen molar-refractivity contribution in [3.05, 3.63) is 52.8 Å². The molecular formula is C18H20N4O2. The van der Waals surface area contributed by atoms with E-state index in [-0.39, 0.29) is 11.8 Å². The van der Waals surface area contributed by atoms with Gasteiger partial charge in [0.05, 0.1) is 0 Å². The lowest BCUT2D eigenvalue weighted by Gasteiger charge is -2.09. The lowest BCUT2D eigenvalue weighted by molar-refractivity contribution is 0.396. The Labute approximate surface area is 139 Å². The number of fused-ring (bicyclic) bond motifs is 1. The average Bonchev–Trinajstić information content (AvgIpc) is 3.18. The number of aromatic amines is 1. The summed E-state index contributed by atoms with van der Waals surface area (Å²) >= 11 is 0.